The van der Waals surface area contributed by atoms with Crippen LogP contribution in [-0.4, -0.2) is 36.4 Å². The van der Waals surface area contributed by atoms with Gasteiger partial charge >= 0.3 is 7.82 Å². The third-order valence-electron chi connectivity index (χ3n) is 3.94. The summed E-state index contributed by atoms with van der Waals surface area (Å²) in [5.41, 5.74) is 0.791. The number of fused-ring (bicyclic) bond motifs is 1. The van der Waals surface area contributed by atoms with Gasteiger partial charge in [0, 0.05) is 24.5 Å². The van der Waals surface area contributed by atoms with Gasteiger partial charge in [-0.3, -0.25) is 13.8 Å². The monoisotopic (exact) mass is 424 g/mol. The van der Waals surface area contributed by atoms with Crippen LogP contribution in [0, 0.1) is 11.3 Å². The van der Waals surface area contributed by atoms with Crippen molar-refractivity contribution < 1.29 is 27.7 Å². The van der Waals surface area contributed by atoms with Gasteiger partial charge in [0.25, 0.3) is 0 Å². The van der Waals surface area contributed by atoms with E-state index < -0.39 is 7.82 Å². The van der Waals surface area contributed by atoms with Gasteiger partial charge in [-0.15, -0.1) is 0 Å². The van der Waals surface area contributed by atoms with Crippen LogP contribution >= 0.6 is 7.82 Å². The van der Waals surface area contributed by atoms with E-state index in [2.05, 4.69) is 5.10 Å². The van der Waals surface area contributed by atoms with E-state index in [-0.39, 0.29) is 23.7 Å². The molecule has 1 atom stereocenters. The molecule has 2 rings (SSSR count). The van der Waals surface area contributed by atoms with Gasteiger partial charge in [0.05, 0.1) is 25.4 Å². The highest BCUT2D eigenvalue weighted by molar-refractivity contribution is 7.48. The van der Waals surface area contributed by atoms with E-state index in [9.17, 15) is 9.36 Å². The van der Waals surface area contributed by atoms with Gasteiger partial charge in [0.2, 0.25) is 0 Å². The van der Waals surface area contributed by atoms with E-state index >= 15 is 0 Å². The van der Waals surface area contributed by atoms with Crippen LogP contribution < -0.4 is 4.74 Å². The lowest BCUT2D eigenvalue weighted by molar-refractivity contribution is 0.0935. The number of phosphoric ester groups is 1. The first kappa shape index (κ1) is 23.1. The number of ketones is 1. The highest BCUT2D eigenvalue weighted by Gasteiger charge is 2.28. The molecule has 9 heteroatoms. The van der Waals surface area contributed by atoms with E-state index in [4.69, 9.17) is 18.3 Å². The zero-order chi connectivity index (χ0) is 21.8. The summed E-state index contributed by atoms with van der Waals surface area (Å²) in [7, 11) is -0.944. The Morgan fingerprint density at radius 2 is 1.97 bits per heavy atom. The summed E-state index contributed by atoms with van der Waals surface area (Å²) in [4.78, 5) is 12.5. The molecule has 0 aliphatic rings. The number of Topliss-reactive ketones (excluding diaryl/α,β-unsaturated/α-hetero) is 1. The van der Waals surface area contributed by atoms with Crippen LogP contribution in [0.15, 0.2) is 24.5 Å². The first-order valence-electron chi connectivity index (χ1n) is 9.25. The number of benzene rings is 1. The smallest absolute Gasteiger partial charge is 0.497 e. The first-order chi connectivity index (χ1) is 13.5. The topological polar surface area (TPSA) is 88.9 Å². The minimum Gasteiger partial charge on any atom is -0.497 e. The minimum atomic E-state index is -3.76. The lowest BCUT2D eigenvalue weighted by Gasteiger charge is -2.21. The third-order valence-corrected chi connectivity index (χ3v) is 5.22. The van der Waals surface area contributed by atoms with Gasteiger partial charge in [-0.25, -0.2) is 9.25 Å². The Morgan fingerprint density at radius 3 is 2.52 bits per heavy atom. The summed E-state index contributed by atoms with van der Waals surface area (Å²) in [6.07, 6.45) is 2.63. The fourth-order valence-electron chi connectivity index (χ4n) is 2.37. The second-order valence-corrected chi connectivity index (χ2v) is 9.78. The second-order valence-electron chi connectivity index (χ2n) is 8.05. The van der Waals surface area contributed by atoms with Crippen LogP contribution in [0.1, 0.15) is 45.1 Å². The number of nitrogens with zero attached hydrogens (tertiary/aromatic N) is 2. The molecule has 0 aliphatic carbocycles. The Morgan fingerprint density at radius 1 is 1.28 bits per heavy atom. The van der Waals surface area contributed by atoms with E-state index in [0.29, 0.717) is 22.3 Å². The van der Waals surface area contributed by atoms with Crippen molar-refractivity contribution in [3.8, 4) is 5.75 Å². The maximum atomic E-state index is 12.6. The van der Waals surface area contributed by atoms with E-state index in [1.807, 2.05) is 34.6 Å². The van der Waals surface area contributed by atoms with Gasteiger partial charge in [0.15, 0.2) is 5.78 Å². The largest absolute Gasteiger partial charge is 0.529 e. The van der Waals surface area contributed by atoms with Gasteiger partial charge in [-0.05, 0) is 17.5 Å². The average Bonchev–Trinajstić information content (AvgIpc) is 3.03. The van der Waals surface area contributed by atoms with Gasteiger partial charge in [0.1, 0.15) is 17.7 Å². The number of carbonyl (C=O) groups is 1. The van der Waals surface area contributed by atoms with E-state index in [1.165, 1.54) is 24.3 Å². The number of aromatic nitrogens is 2. The summed E-state index contributed by atoms with van der Waals surface area (Å²) >= 11 is 0. The van der Waals surface area contributed by atoms with Gasteiger partial charge in [-0.1, -0.05) is 34.6 Å². The zero-order valence-corrected chi connectivity index (χ0v) is 18.9. The summed E-state index contributed by atoms with van der Waals surface area (Å²) in [6.45, 7) is 9.66. The lowest BCUT2D eigenvalue weighted by Crippen LogP contribution is -2.14. The second kappa shape index (κ2) is 9.11. The van der Waals surface area contributed by atoms with Crippen molar-refractivity contribution in [2.45, 2.75) is 34.6 Å². The molecule has 0 N–H and O–H groups in total. The van der Waals surface area contributed by atoms with Crippen LogP contribution in [0.3, 0.4) is 0 Å². The van der Waals surface area contributed by atoms with Gasteiger partial charge in [-0.2, -0.15) is 5.10 Å². The van der Waals surface area contributed by atoms with Crippen LogP contribution in [0.4, 0.5) is 0 Å². The Bertz CT molecular complexity index is 942. The molecule has 0 amide bonds. The number of hydrogen-bond donors (Lipinski definition) is 0. The molecule has 0 aliphatic heterocycles. The molecular weight excluding hydrogens is 395 g/mol. The summed E-state index contributed by atoms with van der Waals surface area (Å²) < 4.78 is 34.8. The van der Waals surface area contributed by atoms with Crippen molar-refractivity contribution in [2.75, 3.05) is 20.8 Å². The number of carbonyl (C=O) groups excluding carboxylic acids is 1. The van der Waals surface area contributed by atoms with Crippen molar-refractivity contribution in [2.24, 2.45) is 11.3 Å². The minimum absolute atomic E-state index is 0.0793. The van der Waals surface area contributed by atoms with E-state index in [0.717, 1.165) is 0 Å². The van der Waals surface area contributed by atoms with Crippen molar-refractivity contribution in [1.82, 2.24) is 9.78 Å². The SMILES string of the molecule is COc1ccc2c(C(=O)C(C)C)nn(C=COP(=O)(OC)OCC(C)(C)C)c2c1. The molecule has 0 bridgehead atoms. The molecular formula is C20H29N2O6P. The van der Waals surface area contributed by atoms with Crippen LogP contribution in [0.25, 0.3) is 17.1 Å². The van der Waals surface area contributed by atoms with Crippen LogP contribution in [0.5, 0.6) is 5.75 Å². The molecule has 1 aromatic carbocycles. The number of hydrogen-bond acceptors (Lipinski definition) is 7. The number of ether oxygens (including phenoxy) is 1. The zero-order valence-electron chi connectivity index (χ0n) is 18.0. The molecule has 0 radical (unpaired) electrons. The molecule has 8 nitrogen and oxygen atoms in total. The fraction of sp³-hybridized carbons (Fsp3) is 0.500. The van der Waals surface area contributed by atoms with Crippen molar-refractivity contribution >= 4 is 30.7 Å². The Labute approximate surface area is 171 Å². The van der Waals surface area contributed by atoms with Crippen LogP contribution in [0.2, 0.25) is 0 Å². The molecule has 1 unspecified atom stereocenters. The summed E-state index contributed by atoms with van der Waals surface area (Å²) in [5, 5.41) is 5.08. The Balaban J connectivity index is 2.34. The fourth-order valence-corrected chi connectivity index (χ4v) is 3.37. The molecule has 29 heavy (non-hydrogen) atoms. The van der Waals surface area contributed by atoms with Gasteiger partial charge < -0.3 is 9.26 Å². The molecule has 0 fully saturated rings. The number of rotatable bonds is 9. The van der Waals surface area contributed by atoms with Crippen molar-refractivity contribution in [1.29, 1.82) is 0 Å². The summed E-state index contributed by atoms with van der Waals surface area (Å²) in [5.74, 6) is 0.334. The molecule has 0 saturated carbocycles. The standard InChI is InChI=1S/C20H29N2O6P/c1-14(2)19(23)18-16-9-8-15(25-6)12-17(16)22(21-18)10-11-27-29(24,26-7)28-13-20(3,4)5/h8-12,14H,13H2,1-7H3. The number of phosphoric acid groups is 1. The normalized spacial score (nSPS) is 14.5. The molecule has 1 heterocycles. The predicted molar refractivity (Wildman–Crippen MR) is 112 cm³/mol. The predicted octanol–water partition coefficient (Wildman–Crippen LogP) is 5.15. The molecule has 0 saturated heterocycles. The first-order valence-corrected chi connectivity index (χ1v) is 10.7. The third kappa shape index (κ3) is 5.92. The molecule has 1 aromatic heterocycles. The van der Waals surface area contributed by atoms with Crippen molar-refractivity contribution in [3.63, 3.8) is 0 Å². The summed E-state index contributed by atoms with van der Waals surface area (Å²) in [6, 6.07) is 5.31. The lowest BCUT2D eigenvalue weighted by atomic mass is 9.99. The maximum absolute atomic E-state index is 12.6. The van der Waals surface area contributed by atoms with E-state index in [1.54, 1.807) is 25.3 Å². The number of methoxy groups -OCH3 is 1. The maximum Gasteiger partial charge on any atom is 0.529 e. The Hall–Kier alpha value is -2.15. The molecule has 0 spiro atoms. The molecule has 2 aromatic rings. The highest BCUT2D eigenvalue weighted by atomic mass is 31.2. The highest BCUT2D eigenvalue weighted by Crippen LogP contribution is 2.50. The average molecular weight is 424 g/mol. The Kier molecular flexibility index (Phi) is 7.27. The van der Waals surface area contributed by atoms with Crippen molar-refractivity contribution in [3.05, 3.63) is 30.2 Å². The van der Waals surface area contributed by atoms with Crippen LogP contribution in [-0.2, 0) is 18.1 Å². The quantitative estimate of drug-likeness (QED) is 0.313. The molecule has 160 valence electrons.